The van der Waals surface area contributed by atoms with E-state index in [4.69, 9.17) is 4.74 Å². The number of carbonyl (C=O) groups is 1. The number of rotatable bonds is 4. The van der Waals surface area contributed by atoms with Crippen LogP contribution in [0.5, 0.6) is 5.75 Å². The lowest BCUT2D eigenvalue weighted by atomic mass is 10.2. The number of nitrogens with zero attached hydrogens (tertiary/aromatic N) is 1. The van der Waals surface area contributed by atoms with Gasteiger partial charge in [0, 0.05) is 12.6 Å². The molecule has 0 radical (unpaired) electrons. The van der Waals surface area contributed by atoms with Crippen molar-refractivity contribution in [2.45, 2.75) is 26.8 Å². The minimum atomic E-state index is -0.402. The van der Waals surface area contributed by atoms with Gasteiger partial charge in [0.15, 0.2) is 6.20 Å². The molecular weight excluding hydrogens is 240 g/mol. The Morgan fingerprint density at radius 1 is 1.26 bits per heavy atom. The number of para-hydroxylation sites is 1. The highest BCUT2D eigenvalue weighted by atomic mass is 16.6. The first-order chi connectivity index (χ1) is 9.26. The number of hydrogen-bond donors (Lipinski definition) is 1. The zero-order valence-corrected chi connectivity index (χ0v) is 11.3. The molecule has 1 amide bonds. The summed E-state index contributed by atoms with van der Waals surface area (Å²) < 4.78 is 7.47. The SMILES string of the molecule is CCCNC(=O)Oc1cccc2ccc[n+](CC)c12. The first-order valence-electron chi connectivity index (χ1n) is 6.63. The number of ether oxygens (including phenoxy) is 1. The molecule has 0 atom stereocenters. The first kappa shape index (κ1) is 13.3. The maximum atomic E-state index is 11.7. The molecule has 0 fully saturated rings. The van der Waals surface area contributed by atoms with Crippen LogP contribution in [0.15, 0.2) is 36.5 Å². The molecule has 0 aliphatic rings. The largest absolute Gasteiger partial charge is 0.412 e. The van der Waals surface area contributed by atoms with Gasteiger partial charge in [0.25, 0.3) is 5.52 Å². The lowest BCUT2D eigenvalue weighted by Gasteiger charge is -2.07. The highest BCUT2D eigenvalue weighted by Gasteiger charge is 2.15. The van der Waals surface area contributed by atoms with Crippen LogP contribution in [-0.2, 0) is 6.54 Å². The monoisotopic (exact) mass is 259 g/mol. The van der Waals surface area contributed by atoms with Crippen molar-refractivity contribution in [2.24, 2.45) is 0 Å². The topological polar surface area (TPSA) is 42.2 Å². The van der Waals surface area contributed by atoms with E-state index >= 15 is 0 Å². The number of fused-ring (bicyclic) bond motifs is 1. The van der Waals surface area contributed by atoms with Crippen LogP contribution in [-0.4, -0.2) is 12.6 Å². The van der Waals surface area contributed by atoms with Gasteiger partial charge in [0.1, 0.15) is 6.54 Å². The van der Waals surface area contributed by atoms with E-state index in [1.807, 2.05) is 43.5 Å². The van der Waals surface area contributed by atoms with Gasteiger partial charge in [-0.3, -0.25) is 0 Å². The molecule has 0 spiro atoms. The third-order valence-electron chi connectivity index (χ3n) is 2.92. The molecular formula is C15H19N2O2+. The fourth-order valence-corrected chi connectivity index (χ4v) is 2.02. The van der Waals surface area contributed by atoms with Crippen molar-refractivity contribution in [3.63, 3.8) is 0 Å². The van der Waals surface area contributed by atoms with Crippen LogP contribution >= 0.6 is 0 Å². The summed E-state index contributed by atoms with van der Waals surface area (Å²) in [6, 6.07) is 9.73. The summed E-state index contributed by atoms with van der Waals surface area (Å²) in [5.41, 5.74) is 0.944. The third kappa shape index (κ3) is 3.02. The smallest absolute Gasteiger partial charge is 0.403 e. The van der Waals surface area contributed by atoms with Gasteiger partial charge in [0.05, 0.1) is 5.39 Å². The molecule has 1 N–H and O–H groups in total. The highest BCUT2D eigenvalue weighted by Crippen LogP contribution is 2.22. The lowest BCUT2D eigenvalue weighted by molar-refractivity contribution is -0.667. The van der Waals surface area contributed by atoms with E-state index in [2.05, 4.69) is 16.8 Å². The van der Waals surface area contributed by atoms with Gasteiger partial charge < -0.3 is 10.1 Å². The van der Waals surface area contributed by atoms with E-state index in [-0.39, 0.29) is 0 Å². The summed E-state index contributed by atoms with van der Waals surface area (Å²) >= 11 is 0. The van der Waals surface area contributed by atoms with Crippen molar-refractivity contribution < 1.29 is 14.1 Å². The summed E-state index contributed by atoms with van der Waals surface area (Å²) in [5, 5.41) is 3.77. The molecule has 0 bridgehead atoms. The Morgan fingerprint density at radius 2 is 2.05 bits per heavy atom. The average Bonchev–Trinajstić information content (AvgIpc) is 2.44. The van der Waals surface area contributed by atoms with Gasteiger partial charge in [-0.15, -0.1) is 0 Å². The quantitative estimate of drug-likeness (QED) is 0.858. The Labute approximate surface area is 113 Å². The molecule has 1 heterocycles. The standard InChI is InChI=1S/C15H18N2O2/c1-3-10-16-15(18)19-13-9-5-7-12-8-6-11-17(4-2)14(12)13/h5-9,11H,3-4,10H2,1-2H3/p+1. The second-order valence-electron chi connectivity index (χ2n) is 4.30. The number of pyridine rings is 1. The van der Waals surface area contributed by atoms with E-state index in [0.717, 1.165) is 23.9 Å². The van der Waals surface area contributed by atoms with Crippen molar-refractivity contribution in [1.82, 2.24) is 5.32 Å². The Balaban J connectivity index is 2.35. The molecule has 4 heteroatoms. The van der Waals surface area contributed by atoms with E-state index in [1.165, 1.54) is 0 Å². The molecule has 100 valence electrons. The summed E-state index contributed by atoms with van der Waals surface area (Å²) in [7, 11) is 0. The average molecular weight is 259 g/mol. The number of benzene rings is 1. The molecule has 4 nitrogen and oxygen atoms in total. The van der Waals surface area contributed by atoms with Crippen LogP contribution in [0.4, 0.5) is 4.79 Å². The summed E-state index contributed by atoms with van der Waals surface area (Å²) in [6.07, 6.45) is 2.47. The van der Waals surface area contributed by atoms with Crippen LogP contribution in [0.3, 0.4) is 0 Å². The molecule has 19 heavy (non-hydrogen) atoms. The van der Waals surface area contributed by atoms with Gasteiger partial charge in [-0.05, 0) is 31.5 Å². The van der Waals surface area contributed by atoms with Crippen molar-refractivity contribution in [3.05, 3.63) is 36.5 Å². The summed E-state index contributed by atoms with van der Waals surface area (Å²) in [6.45, 7) is 5.52. The normalized spacial score (nSPS) is 10.4. The van der Waals surface area contributed by atoms with Gasteiger partial charge >= 0.3 is 6.09 Å². The number of hydrogen-bond acceptors (Lipinski definition) is 2. The minimum Gasteiger partial charge on any atom is -0.403 e. The molecule has 2 aromatic rings. The highest BCUT2D eigenvalue weighted by molar-refractivity contribution is 5.84. The molecule has 0 unspecified atom stereocenters. The van der Waals surface area contributed by atoms with Crippen LogP contribution in [0, 0.1) is 0 Å². The Morgan fingerprint density at radius 3 is 2.79 bits per heavy atom. The predicted molar refractivity (Wildman–Crippen MR) is 74.1 cm³/mol. The van der Waals surface area contributed by atoms with Crippen LogP contribution < -0.4 is 14.6 Å². The fourth-order valence-electron chi connectivity index (χ4n) is 2.02. The van der Waals surface area contributed by atoms with E-state index < -0.39 is 6.09 Å². The van der Waals surface area contributed by atoms with E-state index in [0.29, 0.717) is 12.3 Å². The number of aromatic nitrogens is 1. The minimum absolute atomic E-state index is 0.402. The second kappa shape index (κ2) is 6.18. The maximum Gasteiger partial charge on any atom is 0.412 e. The first-order valence-corrected chi connectivity index (χ1v) is 6.63. The van der Waals surface area contributed by atoms with Gasteiger partial charge in [-0.1, -0.05) is 13.0 Å². The Bertz CT molecular complexity index is 576. The fraction of sp³-hybridized carbons (Fsp3) is 0.333. The zero-order valence-electron chi connectivity index (χ0n) is 11.3. The molecule has 1 aromatic carbocycles. The maximum absolute atomic E-state index is 11.7. The molecule has 0 aliphatic heterocycles. The summed E-state index contributed by atoms with van der Waals surface area (Å²) in [5.74, 6) is 0.591. The molecule has 0 saturated carbocycles. The second-order valence-corrected chi connectivity index (χ2v) is 4.30. The van der Waals surface area contributed by atoms with Crippen LogP contribution in [0.25, 0.3) is 10.9 Å². The lowest BCUT2D eigenvalue weighted by Crippen LogP contribution is -2.34. The van der Waals surface area contributed by atoms with Crippen molar-refractivity contribution in [3.8, 4) is 5.75 Å². The third-order valence-corrected chi connectivity index (χ3v) is 2.92. The summed E-state index contributed by atoms with van der Waals surface area (Å²) in [4.78, 5) is 11.7. The number of amides is 1. The molecule has 0 saturated heterocycles. The van der Waals surface area contributed by atoms with Crippen molar-refractivity contribution in [2.75, 3.05) is 6.54 Å². The number of nitrogens with one attached hydrogen (secondary N) is 1. The molecule has 0 aliphatic carbocycles. The molecule has 1 aromatic heterocycles. The van der Waals surface area contributed by atoms with Gasteiger partial charge in [0.2, 0.25) is 5.75 Å². The van der Waals surface area contributed by atoms with Gasteiger partial charge in [-0.25, -0.2) is 4.79 Å². The van der Waals surface area contributed by atoms with Crippen molar-refractivity contribution in [1.29, 1.82) is 0 Å². The van der Waals surface area contributed by atoms with Crippen LogP contribution in [0.2, 0.25) is 0 Å². The Hall–Kier alpha value is -2.10. The van der Waals surface area contributed by atoms with Crippen molar-refractivity contribution >= 4 is 17.0 Å². The predicted octanol–water partition coefficient (Wildman–Crippen LogP) is 2.65. The van der Waals surface area contributed by atoms with E-state index in [9.17, 15) is 4.79 Å². The van der Waals surface area contributed by atoms with Gasteiger partial charge in [-0.2, -0.15) is 4.57 Å². The number of carbonyl (C=O) groups excluding carboxylic acids is 1. The Kier molecular flexibility index (Phi) is 4.34. The number of aryl methyl sites for hydroxylation is 1. The van der Waals surface area contributed by atoms with Crippen LogP contribution in [0.1, 0.15) is 20.3 Å². The zero-order chi connectivity index (χ0) is 13.7. The molecule has 2 rings (SSSR count). The van der Waals surface area contributed by atoms with E-state index in [1.54, 1.807) is 0 Å².